The lowest BCUT2D eigenvalue weighted by molar-refractivity contribution is -0.866. The molecule has 2 atom stereocenters. The van der Waals surface area contributed by atoms with Gasteiger partial charge in [0, 0.05) is 0 Å². The van der Waals surface area contributed by atoms with Crippen molar-refractivity contribution in [3.8, 4) is 0 Å². The molecule has 0 aliphatic carbocycles. The Kier molecular flexibility index (Phi) is 4.31. The van der Waals surface area contributed by atoms with E-state index in [9.17, 15) is 43.9 Å². The summed E-state index contributed by atoms with van der Waals surface area (Å²) in [5, 5.41) is 0. The highest BCUT2D eigenvalue weighted by atomic mass is 19.4. The molecule has 0 bridgehead atoms. The van der Waals surface area contributed by atoms with Gasteiger partial charge < -0.3 is 0 Å². The van der Waals surface area contributed by atoms with Gasteiger partial charge in [-0.2, -0.15) is 35.6 Å². The number of alkyl halides is 10. The van der Waals surface area contributed by atoms with E-state index in [2.05, 4.69) is 9.73 Å². The predicted molar refractivity (Wildman–Crippen MR) is 45.5 cm³/mol. The number of rotatable bonds is 5. The van der Waals surface area contributed by atoms with Gasteiger partial charge in [-0.15, -0.1) is 8.78 Å². The fourth-order valence-electron chi connectivity index (χ4n) is 1.06. The molecule has 0 spiro atoms. The molecular weight excluding hydrogens is 330 g/mol. The Labute approximate surface area is 109 Å². The molecule has 1 rings (SSSR count). The van der Waals surface area contributed by atoms with Crippen molar-refractivity contribution in [1.29, 1.82) is 0 Å². The van der Waals surface area contributed by atoms with Gasteiger partial charge >= 0.3 is 30.6 Å². The predicted octanol–water partition coefficient (Wildman–Crippen LogP) is 2.08. The molecule has 0 saturated carbocycles. The summed E-state index contributed by atoms with van der Waals surface area (Å²) in [7, 11) is 0. The molecule has 0 amide bonds. The largest absolute Gasteiger partial charge is 0.462 e. The van der Waals surface area contributed by atoms with Gasteiger partial charge in [0.05, 0.1) is 6.20 Å². The van der Waals surface area contributed by atoms with Gasteiger partial charge in [0.1, 0.15) is 6.20 Å². The minimum absolute atomic E-state index is 0.302. The molecule has 3 nitrogen and oxygen atoms in total. The van der Waals surface area contributed by atoms with Crippen LogP contribution in [0.5, 0.6) is 0 Å². The molecule has 0 radical (unpaired) electrons. The van der Waals surface area contributed by atoms with Gasteiger partial charge in [-0.1, -0.05) is 0 Å². The lowest BCUT2D eigenvalue weighted by atomic mass is 10.3. The first-order valence-corrected chi connectivity index (χ1v) is 4.82. The standard InChI is InChI=1S/C8H4F10N2O/c9-4(5(10,11)20-2-1-19-3-20)21-8(17,18)6(12,13)7(14,15)16/h1-4H/p+1. The lowest BCUT2D eigenvalue weighted by Gasteiger charge is -2.30. The first-order chi connectivity index (χ1) is 9.23. The third kappa shape index (κ3) is 3.12. The summed E-state index contributed by atoms with van der Waals surface area (Å²) < 4.78 is 127. The van der Waals surface area contributed by atoms with Crippen molar-refractivity contribution in [1.82, 2.24) is 0 Å². The Bertz CT molecular complexity index is 431. The molecule has 1 heterocycles. The number of hydrogen-bond acceptors (Lipinski definition) is 2. The average molecular weight is 335 g/mol. The van der Waals surface area contributed by atoms with Crippen molar-refractivity contribution in [2.24, 2.45) is 4.99 Å². The Balaban J connectivity index is 2.93. The summed E-state index contributed by atoms with van der Waals surface area (Å²) >= 11 is 0. The van der Waals surface area contributed by atoms with Gasteiger partial charge in [-0.05, 0) is 0 Å². The second kappa shape index (κ2) is 5.12. The minimum Gasteiger partial charge on any atom is -0.269 e. The van der Waals surface area contributed by atoms with Crippen molar-refractivity contribution < 1.29 is 53.5 Å². The molecule has 2 unspecified atom stereocenters. The first kappa shape index (κ1) is 17.7. The van der Waals surface area contributed by atoms with E-state index in [1.807, 2.05) is 0 Å². The molecule has 122 valence electrons. The van der Waals surface area contributed by atoms with E-state index in [1.165, 1.54) is 0 Å². The van der Waals surface area contributed by atoms with Crippen LogP contribution in [-0.4, -0.2) is 37.0 Å². The third-order valence-corrected chi connectivity index (χ3v) is 2.20. The zero-order chi connectivity index (χ0) is 16.7. The second-order valence-electron chi connectivity index (χ2n) is 3.70. The molecule has 0 aromatic carbocycles. The Morgan fingerprint density at radius 1 is 0.952 bits per heavy atom. The normalized spacial score (nSPS) is 21.9. The summed E-state index contributed by atoms with van der Waals surface area (Å²) in [5.74, 6) is -6.86. The van der Waals surface area contributed by atoms with Crippen molar-refractivity contribution in [3.05, 3.63) is 12.4 Å². The fourth-order valence-corrected chi connectivity index (χ4v) is 1.06. The Morgan fingerprint density at radius 2 is 1.48 bits per heavy atom. The van der Waals surface area contributed by atoms with Gasteiger partial charge in [0.2, 0.25) is 0 Å². The number of aliphatic imine (C=N–C) groups is 1. The highest BCUT2D eigenvalue weighted by molar-refractivity contribution is 5.47. The monoisotopic (exact) mass is 335 g/mol. The molecule has 1 N–H and O–H groups in total. The van der Waals surface area contributed by atoms with Crippen LogP contribution in [0, 0.1) is 0 Å². The summed E-state index contributed by atoms with van der Waals surface area (Å²) in [6.07, 6.45) is -16.4. The van der Waals surface area contributed by atoms with Crippen LogP contribution in [0.15, 0.2) is 17.4 Å². The maximum Gasteiger partial charge on any atom is 0.462 e. The molecule has 1 aliphatic heterocycles. The zero-order valence-electron chi connectivity index (χ0n) is 9.44. The minimum atomic E-state index is -6.86. The van der Waals surface area contributed by atoms with Crippen LogP contribution in [0.3, 0.4) is 0 Å². The van der Waals surface area contributed by atoms with Crippen molar-refractivity contribution in [2.75, 3.05) is 0 Å². The SMILES string of the molecule is FC(OC(F)(F)C(F)(F)C(F)(F)F)C(F)(F)[NH+]1C=CN=C1. The average Bonchev–Trinajstić information content (AvgIpc) is 2.80. The number of quaternary nitrogens is 1. The molecule has 1 aliphatic rings. The highest BCUT2D eigenvalue weighted by Crippen LogP contribution is 2.48. The quantitative estimate of drug-likeness (QED) is 0.604. The van der Waals surface area contributed by atoms with E-state index in [0.717, 1.165) is 0 Å². The molecule has 21 heavy (non-hydrogen) atoms. The maximum atomic E-state index is 13.2. The van der Waals surface area contributed by atoms with E-state index < -0.39 is 35.5 Å². The smallest absolute Gasteiger partial charge is 0.269 e. The molecule has 13 heteroatoms. The van der Waals surface area contributed by atoms with Crippen LogP contribution in [0.25, 0.3) is 0 Å². The van der Waals surface area contributed by atoms with Crippen LogP contribution < -0.4 is 4.90 Å². The van der Waals surface area contributed by atoms with Crippen LogP contribution in [-0.2, 0) is 4.74 Å². The topological polar surface area (TPSA) is 26.0 Å². The van der Waals surface area contributed by atoms with Crippen LogP contribution in [0.1, 0.15) is 0 Å². The number of nitrogens with zero attached hydrogens (tertiary/aromatic N) is 1. The molecule has 0 fully saturated rings. The number of hydrogen-bond donors (Lipinski definition) is 1. The number of ether oxygens (including phenoxy) is 1. The van der Waals surface area contributed by atoms with Crippen molar-refractivity contribution in [2.45, 2.75) is 30.6 Å². The fraction of sp³-hybridized carbons (Fsp3) is 0.625. The maximum absolute atomic E-state index is 13.2. The van der Waals surface area contributed by atoms with Crippen LogP contribution in [0.4, 0.5) is 43.9 Å². The van der Waals surface area contributed by atoms with E-state index in [0.29, 0.717) is 18.7 Å². The molecule has 0 aromatic heterocycles. The van der Waals surface area contributed by atoms with Gasteiger partial charge in [0.25, 0.3) is 0 Å². The molecule has 0 aromatic rings. The summed E-state index contributed by atoms with van der Waals surface area (Å²) in [6.45, 7) is 0. The second-order valence-corrected chi connectivity index (χ2v) is 3.70. The van der Waals surface area contributed by atoms with Gasteiger partial charge in [0.15, 0.2) is 6.34 Å². The van der Waals surface area contributed by atoms with E-state index >= 15 is 0 Å². The molecule has 0 saturated heterocycles. The highest BCUT2D eigenvalue weighted by Gasteiger charge is 2.76. The first-order valence-electron chi connectivity index (χ1n) is 4.82. The number of halogens is 10. The van der Waals surface area contributed by atoms with Crippen molar-refractivity contribution >= 4 is 6.34 Å². The Hall–Kier alpha value is -1.37. The third-order valence-electron chi connectivity index (χ3n) is 2.20. The Morgan fingerprint density at radius 3 is 1.86 bits per heavy atom. The van der Waals surface area contributed by atoms with E-state index in [1.54, 1.807) is 0 Å². The summed E-state index contributed by atoms with van der Waals surface area (Å²) in [5.41, 5.74) is 0. The van der Waals surface area contributed by atoms with Crippen LogP contribution >= 0.6 is 0 Å². The van der Waals surface area contributed by atoms with E-state index in [4.69, 9.17) is 0 Å². The van der Waals surface area contributed by atoms with Crippen molar-refractivity contribution in [3.63, 3.8) is 0 Å². The summed E-state index contributed by atoms with van der Waals surface area (Å²) in [4.78, 5) is 1.71. The van der Waals surface area contributed by atoms with Crippen LogP contribution in [0.2, 0.25) is 0 Å². The lowest BCUT2D eigenvalue weighted by Crippen LogP contribution is -3.14. The molecular formula is C8H5F10N2O+. The van der Waals surface area contributed by atoms with E-state index in [-0.39, 0.29) is 0 Å². The zero-order valence-corrected chi connectivity index (χ0v) is 9.44. The van der Waals surface area contributed by atoms with Gasteiger partial charge in [-0.25, -0.2) is 9.38 Å². The number of nitrogens with one attached hydrogen (secondary N) is 1. The summed E-state index contributed by atoms with van der Waals surface area (Å²) in [6, 6.07) is -4.90. The van der Waals surface area contributed by atoms with Gasteiger partial charge in [-0.3, -0.25) is 4.74 Å².